The van der Waals surface area contributed by atoms with Crippen molar-refractivity contribution in [2.24, 2.45) is 11.7 Å². The molecule has 1 rings (SSSR count). The van der Waals surface area contributed by atoms with E-state index in [1.165, 1.54) is 0 Å². The minimum atomic E-state index is 0.313. The summed E-state index contributed by atoms with van der Waals surface area (Å²) in [6, 6.07) is 0. The van der Waals surface area contributed by atoms with Gasteiger partial charge in [-0.15, -0.1) is 0 Å². The molecule has 4 nitrogen and oxygen atoms in total. The Morgan fingerprint density at radius 1 is 1.38 bits per heavy atom. The number of hydrogen-bond donors (Lipinski definition) is 2. The van der Waals surface area contributed by atoms with Gasteiger partial charge in [0.15, 0.2) is 0 Å². The molecule has 0 aromatic heterocycles. The highest BCUT2D eigenvalue weighted by molar-refractivity contribution is 5.76. The summed E-state index contributed by atoms with van der Waals surface area (Å²) in [5.41, 5.74) is 5.50. The number of nitrogens with zero attached hydrogens (tertiary/aromatic N) is 1. The SMILES string of the molecule is CC(CCN)CCC(=O)N1CCCNCC1. The molecule has 1 aliphatic heterocycles. The largest absolute Gasteiger partial charge is 0.341 e. The second-order valence-corrected chi connectivity index (χ2v) is 4.71. The Labute approximate surface area is 98.6 Å². The molecule has 0 aromatic rings. The molecule has 94 valence electrons. The highest BCUT2D eigenvalue weighted by Gasteiger charge is 2.15. The second-order valence-electron chi connectivity index (χ2n) is 4.71. The fraction of sp³-hybridized carbons (Fsp3) is 0.917. The molecular weight excluding hydrogens is 202 g/mol. The summed E-state index contributed by atoms with van der Waals surface area (Å²) >= 11 is 0. The Bertz CT molecular complexity index is 200. The fourth-order valence-corrected chi connectivity index (χ4v) is 2.05. The first-order chi connectivity index (χ1) is 7.74. The summed E-state index contributed by atoms with van der Waals surface area (Å²) < 4.78 is 0. The summed E-state index contributed by atoms with van der Waals surface area (Å²) in [4.78, 5) is 13.9. The minimum absolute atomic E-state index is 0.313. The fourth-order valence-electron chi connectivity index (χ4n) is 2.05. The van der Waals surface area contributed by atoms with Crippen LogP contribution in [0.25, 0.3) is 0 Å². The maximum Gasteiger partial charge on any atom is 0.222 e. The second kappa shape index (κ2) is 7.63. The number of amides is 1. The average Bonchev–Trinajstić information content (AvgIpc) is 2.55. The number of nitrogens with one attached hydrogen (secondary N) is 1. The predicted molar refractivity (Wildman–Crippen MR) is 66.1 cm³/mol. The Hall–Kier alpha value is -0.610. The first-order valence-corrected chi connectivity index (χ1v) is 6.42. The molecule has 1 unspecified atom stereocenters. The Morgan fingerprint density at radius 3 is 2.94 bits per heavy atom. The lowest BCUT2D eigenvalue weighted by Crippen LogP contribution is -2.34. The molecule has 0 aliphatic carbocycles. The summed E-state index contributed by atoms with van der Waals surface area (Å²) in [5, 5.41) is 3.31. The number of carbonyl (C=O) groups excluding carboxylic acids is 1. The smallest absolute Gasteiger partial charge is 0.222 e. The molecular formula is C12H25N3O. The number of rotatable bonds is 5. The van der Waals surface area contributed by atoms with Crippen molar-refractivity contribution in [2.75, 3.05) is 32.7 Å². The zero-order valence-electron chi connectivity index (χ0n) is 10.4. The molecule has 1 saturated heterocycles. The normalized spacial score (nSPS) is 19.2. The first kappa shape index (κ1) is 13.5. The topological polar surface area (TPSA) is 58.4 Å². The molecule has 0 spiro atoms. The average molecular weight is 227 g/mol. The molecule has 0 aromatic carbocycles. The Kier molecular flexibility index (Phi) is 6.42. The summed E-state index contributed by atoms with van der Waals surface area (Å²) in [5.74, 6) is 0.881. The molecule has 1 aliphatic rings. The lowest BCUT2D eigenvalue weighted by molar-refractivity contribution is -0.131. The highest BCUT2D eigenvalue weighted by atomic mass is 16.2. The van der Waals surface area contributed by atoms with E-state index in [0.717, 1.165) is 52.0 Å². The Balaban J connectivity index is 2.22. The molecule has 0 saturated carbocycles. The van der Waals surface area contributed by atoms with Crippen molar-refractivity contribution >= 4 is 5.91 Å². The molecule has 1 heterocycles. The van der Waals surface area contributed by atoms with Crippen LogP contribution in [0.1, 0.15) is 32.6 Å². The van der Waals surface area contributed by atoms with Gasteiger partial charge >= 0.3 is 0 Å². The van der Waals surface area contributed by atoms with Crippen molar-refractivity contribution in [3.05, 3.63) is 0 Å². The van der Waals surface area contributed by atoms with E-state index in [1.807, 2.05) is 4.90 Å². The molecule has 3 N–H and O–H groups in total. The van der Waals surface area contributed by atoms with Crippen LogP contribution in [0.2, 0.25) is 0 Å². The molecule has 1 atom stereocenters. The van der Waals surface area contributed by atoms with E-state index < -0.39 is 0 Å². The van der Waals surface area contributed by atoms with Crippen molar-refractivity contribution in [3.8, 4) is 0 Å². The van der Waals surface area contributed by atoms with Gasteiger partial charge in [-0.1, -0.05) is 6.92 Å². The lowest BCUT2D eigenvalue weighted by Gasteiger charge is -2.20. The van der Waals surface area contributed by atoms with Crippen LogP contribution in [0.15, 0.2) is 0 Å². The standard InChI is InChI=1S/C12H25N3O/c1-11(5-6-13)3-4-12(16)15-9-2-7-14-8-10-15/h11,14H,2-10,13H2,1H3. The zero-order valence-corrected chi connectivity index (χ0v) is 10.4. The van der Waals surface area contributed by atoms with Gasteiger partial charge < -0.3 is 16.0 Å². The molecule has 0 radical (unpaired) electrons. The summed E-state index contributed by atoms with van der Waals surface area (Å²) in [7, 11) is 0. The molecule has 0 bridgehead atoms. The third-order valence-electron chi connectivity index (χ3n) is 3.20. The van der Waals surface area contributed by atoms with Crippen LogP contribution in [-0.4, -0.2) is 43.5 Å². The van der Waals surface area contributed by atoms with Crippen molar-refractivity contribution in [2.45, 2.75) is 32.6 Å². The highest BCUT2D eigenvalue weighted by Crippen LogP contribution is 2.11. The number of carbonyl (C=O) groups is 1. The number of nitrogens with two attached hydrogens (primary N) is 1. The summed E-state index contributed by atoms with van der Waals surface area (Å²) in [6.07, 6.45) is 3.75. The van der Waals surface area contributed by atoms with Crippen LogP contribution in [0.4, 0.5) is 0 Å². The van der Waals surface area contributed by atoms with Gasteiger partial charge in [-0.05, 0) is 38.3 Å². The maximum absolute atomic E-state index is 11.9. The van der Waals surface area contributed by atoms with Crippen LogP contribution in [0.5, 0.6) is 0 Å². The van der Waals surface area contributed by atoms with Gasteiger partial charge in [0.1, 0.15) is 0 Å². The van der Waals surface area contributed by atoms with Gasteiger partial charge in [-0.3, -0.25) is 4.79 Å². The third kappa shape index (κ3) is 4.94. The molecule has 1 fully saturated rings. The van der Waals surface area contributed by atoms with E-state index in [9.17, 15) is 4.79 Å². The molecule has 4 heteroatoms. The molecule has 1 amide bonds. The van der Waals surface area contributed by atoms with Crippen LogP contribution in [0.3, 0.4) is 0 Å². The van der Waals surface area contributed by atoms with Crippen molar-refractivity contribution in [1.29, 1.82) is 0 Å². The lowest BCUT2D eigenvalue weighted by atomic mass is 10.0. The van der Waals surface area contributed by atoms with Crippen LogP contribution in [-0.2, 0) is 4.79 Å². The molecule has 16 heavy (non-hydrogen) atoms. The Morgan fingerprint density at radius 2 is 2.19 bits per heavy atom. The van der Waals surface area contributed by atoms with Crippen LogP contribution >= 0.6 is 0 Å². The van der Waals surface area contributed by atoms with Gasteiger partial charge in [-0.25, -0.2) is 0 Å². The minimum Gasteiger partial charge on any atom is -0.341 e. The van der Waals surface area contributed by atoms with Gasteiger partial charge in [0.2, 0.25) is 5.91 Å². The quantitative estimate of drug-likeness (QED) is 0.722. The van der Waals surface area contributed by atoms with E-state index in [1.54, 1.807) is 0 Å². The van der Waals surface area contributed by atoms with E-state index >= 15 is 0 Å². The van der Waals surface area contributed by atoms with Crippen molar-refractivity contribution < 1.29 is 4.79 Å². The van der Waals surface area contributed by atoms with E-state index in [0.29, 0.717) is 18.2 Å². The van der Waals surface area contributed by atoms with E-state index in [2.05, 4.69) is 12.2 Å². The maximum atomic E-state index is 11.9. The van der Waals surface area contributed by atoms with Crippen LogP contribution in [0, 0.1) is 5.92 Å². The predicted octanol–water partition coefficient (Wildman–Crippen LogP) is 0.573. The van der Waals surface area contributed by atoms with Crippen LogP contribution < -0.4 is 11.1 Å². The van der Waals surface area contributed by atoms with E-state index in [4.69, 9.17) is 5.73 Å². The van der Waals surface area contributed by atoms with Gasteiger partial charge in [-0.2, -0.15) is 0 Å². The zero-order chi connectivity index (χ0) is 11.8. The van der Waals surface area contributed by atoms with Crippen molar-refractivity contribution in [1.82, 2.24) is 10.2 Å². The van der Waals surface area contributed by atoms with Gasteiger partial charge in [0, 0.05) is 26.1 Å². The van der Waals surface area contributed by atoms with Gasteiger partial charge in [0.05, 0.1) is 0 Å². The monoisotopic (exact) mass is 227 g/mol. The first-order valence-electron chi connectivity index (χ1n) is 6.42. The van der Waals surface area contributed by atoms with Gasteiger partial charge in [0.25, 0.3) is 0 Å². The summed E-state index contributed by atoms with van der Waals surface area (Å²) in [6.45, 7) is 6.64. The van der Waals surface area contributed by atoms with Crippen molar-refractivity contribution in [3.63, 3.8) is 0 Å². The number of hydrogen-bond acceptors (Lipinski definition) is 3. The van der Waals surface area contributed by atoms with E-state index in [-0.39, 0.29) is 0 Å². The third-order valence-corrected chi connectivity index (χ3v) is 3.20.